The lowest BCUT2D eigenvalue weighted by molar-refractivity contribution is 0.0697. The van der Waals surface area contributed by atoms with Crippen molar-refractivity contribution in [1.82, 2.24) is 19.8 Å². The van der Waals surface area contributed by atoms with Crippen molar-refractivity contribution in [3.63, 3.8) is 0 Å². The molecule has 1 aliphatic rings. The van der Waals surface area contributed by atoms with Crippen LogP contribution < -0.4 is 5.32 Å². The van der Waals surface area contributed by atoms with E-state index in [9.17, 15) is 9.90 Å². The summed E-state index contributed by atoms with van der Waals surface area (Å²) in [5, 5.41) is 13.4. The molecule has 0 amide bonds. The summed E-state index contributed by atoms with van der Waals surface area (Å²) in [7, 11) is 0. The number of benzene rings is 1. The van der Waals surface area contributed by atoms with Crippen LogP contribution in [0.5, 0.6) is 0 Å². The first-order chi connectivity index (χ1) is 14.6. The molecule has 1 saturated heterocycles. The lowest BCUT2D eigenvalue weighted by Gasteiger charge is -2.29. The summed E-state index contributed by atoms with van der Waals surface area (Å²) in [5.74, 6) is -0.930. The van der Waals surface area contributed by atoms with Gasteiger partial charge in [-0.25, -0.2) is 4.79 Å². The normalized spacial score (nSPS) is 18.4. The number of carboxylic acids is 1. The van der Waals surface area contributed by atoms with Gasteiger partial charge in [0.15, 0.2) is 5.11 Å². The number of hydrogen-bond donors (Lipinski definition) is 2. The number of unbranched alkanes of at least 4 members (excludes halogenated alkanes) is 1. The molecule has 154 valence electrons. The number of nitrogens with one attached hydrogen (secondary N) is 1. The smallest absolute Gasteiger partial charge is 0.335 e. The maximum Gasteiger partial charge on any atom is 0.335 e. The first-order valence-corrected chi connectivity index (χ1v) is 10.5. The van der Waals surface area contributed by atoms with Crippen LogP contribution in [-0.2, 0) is 0 Å². The number of aromatic nitrogens is 2. The molecule has 1 aliphatic heterocycles. The van der Waals surface area contributed by atoms with Gasteiger partial charge >= 0.3 is 5.97 Å². The Morgan fingerprint density at radius 3 is 2.63 bits per heavy atom. The van der Waals surface area contributed by atoms with Crippen molar-refractivity contribution in [1.29, 1.82) is 0 Å². The van der Waals surface area contributed by atoms with Gasteiger partial charge in [-0.2, -0.15) is 0 Å². The zero-order chi connectivity index (χ0) is 21.1. The van der Waals surface area contributed by atoms with E-state index < -0.39 is 5.97 Å². The van der Waals surface area contributed by atoms with Crippen molar-refractivity contribution in [2.75, 3.05) is 6.54 Å². The van der Waals surface area contributed by atoms with Crippen LogP contribution in [0.3, 0.4) is 0 Å². The zero-order valence-corrected chi connectivity index (χ0v) is 17.5. The fourth-order valence-electron chi connectivity index (χ4n) is 3.93. The van der Waals surface area contributed by atoms with Gasteiger partial charge in [0.2, 0.25) is 0 Å². The Bertz CT molecular complexity index is 1030. The zero-order valence-electron chi connectivity index (χ0n) is 16.7. The molecule has 4 rings (SSSR count). The second-order valence-electron chi connectivity index (χ2n) is 7.33. The molecule has 2 N–H and O–H groups in total. The maximum atomic E-state index is 11.2. The molecular formula is C23H24N4O2S. The second-order valence-corrected chi connectivity index (χ2v) is 7.72. The molecule has 0 bridgehead atoms. The second kappa shape index (κ2) is 8.67. The Morgan fingerprint density at radius 2 is 1.97 bits per heavy atom. The van der Waals surface area contributed by atoms with E-state index >= 15 is 0 Å². The molecule has 3 aromatic rings. The number of carbonyl (C=O) groups is 1. The minimum atomic E-state index is -0.930. The third-order valence-corrected chi connectivity index (χ3v) is 5.78. The molecule has 2 atom stereocenters. The van der Waals surface area contributed by atoms with Crippen molar-refractivity contribution >= 4 is 23.3 Å². The molecular weight excluding hydrogens is 396 g/mol. The molecule has 0 aliphatic carbocycles. The standard InChI is InChI=1S/C23H24N4O2S/c1-2-3-14-27-21(20(25-23(27)30)18-7-4-5-13-24-18)19-8-6-15-26(19)17-11-9-16(10-12-17)22(28)29/h4-13,15,20-21H,2-3,14H2,1H3,(H,25,30)(H,28,29). The van der Waals surface area contributed by atoms with Crippen LogP contribution in [-0.4, -0.2) is 37.2 Å². The van der Waals surface area contributed by atoms with Crippen LogP contribution in [0.1, 0.15) is 53.6 Å². The van der Waals surface area contributed by atoms with Crippen LogP contribution in [0, 0.1) is 0 Å². The summed E-state index contributed by atoms with van der Waals surface area (Å²) in [6, 6.07) is 16.9. The third kappa shape index (κ3) is 3.80. The van der Waals surface area contributed by atoms with Gasteiger partial charge in [0.25, 0.3) is 0 Å². The summed E-state index contributed by atoms with van der Waals surface area (Å²) >= 11 is 5.70. The number of hydrogen-bond acceptors (Lipinski definition) is 3. The van der Waals surface area contributed by atoms with E-state index in [0.717, 1.165) is 41.6 Å². The highest BCUT2D eigenvalue weighted by atomic mass is 32.1. The maximum absolute atomic E-state index is 11.2. The predicted molar refractivity (Wildman–Crippen MR) is 120 cm³/mol. The monoisotopic (exact) mass is 420 g/mol. The van der Waals surface area contributed by atoms with Crippen molar-refractivity contribution < 1.29 is 9.90 Å². The van der Waals surface area contributed by atoms with Crippen molar-refractivity contribution in [3.8, 4) is 5.69 Å². The van der Waals surface area contributed by atoms with E-state index in [2.05, 4.69) is 32.8 Å². The number of rotatable bonds is 7. The third-order valence-electron chi connectivity index (χ3n) is 5.43. The number of nitrogens with zero attached hydrogens (tertiary/aromatic N) is 3. The van der Waals surface area contributed by atoms with E-state index in [1.54, 1.807) is 18.3 Å². The Labute approximate surface area is 181 Å². The molecule has 3 heterocycles. The van der Waals surface area contributed by atoms with Crippen molar-refractivity contribution in [2.45, 2.75) is 31.8 Å². The molecule has 1 fully saturated rings. The fourth-order valence-corrected chi connectivity index (χ4v) is 4.26. The molecule has 0 saturated carbocycles. The summed E-state index contributed by atoms with van der Waals surface area (Å²) in [6.07, 6.45) is 5.93. The van der Waals surface area contributed by atoms with Gasteiger partial charge in [-0.1, -0.05) is 19.4 Å². The number of thiocarbonyl (C=S) groups is 1. The van der Waals surface area contributed by atoms with Gasteiger partial charge in [0.1, 0.15) is 0 Å². The summed E-state index contributed by atoms with van der Waals surface area (Å²) in [4.78, 5) is 18.0. The Kier molecular flexibility index (Phi) is 5.81. The molecule has 0 spiro atoms. The minimum absolute atomic E-state index is 0.0203. The van der Waals surface area contributed by atoms with Crippen LogP contribution >= 0.6 is 12.2 Å². The first-order valence-electron chi connectivity index (χ1n) is 10.1. The largest absolute Gasteiger partial charge is 0.478 e. The van der Waals surface area contributed by atoms with Crippen LogP contribution in [0.4, 0.5) is 0 Å². The van der Waals surface area contributed by atoms with Crippen molar-refractivity contribution in [3.05, 3.63) is 83.9 Å². The molecule has 6 nitrogen and oxygen atoms in total. The molecule has 30 heavy (non-hydrogen) atoms. The van der Waals surface area contributed by atoms with E-state index in [1.165, 1.54) is 0 Å². The quantitative estimate of drug-likeness (QED) is 0.554. The number of pyridine rings is 1. The Balaban J connectivity index is 1.76. The van der Waals surface area contributed by atoms with Crippen LogP contribution in [0.15, 0.2) is 67.0 Å². The summed E-state index contributed by atoms with van der Waals surface area (Å²) in [5.41, 5.74) is 3.20. The number of carboxylic acid groups (broad SMARTS) is 1. The predicted octanol–water partition coefficient (Wildman–Crippen LogP) is 4.34. The summed E-state index contributed by atoms with van der Waals surface area (Å²) in [6.45, 7) is 3.03. The van der Waals surface area contributed by atoms with Crippen molar-refractivity contribution in [2.24, 2.45) is 0 Å². The minimum Gasteiger partial charge on any atom is -0.478 e. The summed E-state index contributed by atoms with van der Waals surface area (Å²) < 4.78 is 2.10. The van der Waals surface area contributed by atoms with E-state index in [-0.39, 0.29) is 17.6 Å². The van der Waals surface area contributed by atoms with Gasteiger partial charge in [-0.05, 0) is 67.2 Å². The van der Waals surface area contributed by atoms with Crippen LogP contribution in [0.25, 0.3) is 5.69 Å². The van der Waals surface area contributed by atoms with E-state index in [4.69, 9.17) is 12.2 Å². The lowest BCUT2D eigenvalue weighted by Crippen LogP contribution is -2.31. The van der Waals surface area contributed by atoms with E-state index in [1.807, 2.05) is 42.6 Å². The van der Waals surface area contributed by atoms with Crippen LogP contribution in [0.2, 0.25) is 0 Å². The average molecular weight is 421 g/mol. The van der Waals surface area contributed by atoms with E-state index in [0.29, 0.717) is 0 Å². The molecule has 7 heteroatoms. The molecule has 0 radical (unpaired) electrons. The van der Waals surface area contributed by atoms with Gasteiger partial charge in [0, 0.05) is 30.3 Å². The first kappa shape index (κ1) is 20.1. The number of aromatic carboxylic acids is 1. The Hall–Kier alpha value is -3.19. The van der Waals surface area contributed by atoms with Gasteiger partial charge in [-0.3, -0.25) is 4.98 Å². The average Bonchev–Trinajstić information content (AvgIpc) is 3.37. The molecule has 2 aromatic heterocycles. The topological polar surface area (TPSA) is 70.4 Å². The van der Waals surface area contributed by atoms with Gasteiger partial charge < -0.3 is 19.9 Å². The van der Waals surface area contributed by atoms with Gasteiger partial charge in [-0.15, -0.1) is 0 Å². The highest BCUT2D eigenvalue weighted by Crippen LogP contribution is 2.39. The lowest BCUT2D eigenvalue weighted by atomic mass is 10.0. The Morgan fingerprint density at radius 1 is 1.17 bits per heavy atom. The molecule has 1 aromatic carbocycles. The highest BCUT2D eigenvalue weighted by Gasteiger charge is 2.40. The van der Waals surface area contributed by atoms with Gasteiger partial charge in [0.05, 0.1) is 23.3 Å². The fraction of sp³-hybridized carbons (Fsp3) is 0.261. The molecule has 2 unspecified atom stereocenters. The highest BCUT2D eigenvalue weighted by molar-refractivity contribution is 7.80. The SMILES string of the molecule is CCCCN1C(=S)NC(c2ccccn2)C1c1cccn1-c1ccc(C(=O)O)cc1.